The van der Waals surface area contributed by atoms with Crippen molar-refractivity contribution >= 4 is 28.2 Å². The summed E-state index contributed by atoms with van der Waals surface area (Å²) < 4.78 is 5.39. The van der Waals surface area contributed by atoms with Crippen LogP contribution >= 0.6 is 11.3 Å². The maximum Gasteiger partial charge on any atom is 0.257 e. The van der Waals surface area contributed by atoms with Gasteiger partial charge in [-0.1, -0.05) is 25.1 Å². The predicted molar refractivity (Wildman–Crippen MR) is 107 cm³/mol. The Hall–Kier alpha value is -2.18. The lowest BCUT2D eigenvalue weighted by molar-refractivity contribution is 0.0303. The summed E-state index contributed by atoms with van der Waals surface area (Å²) >= 11 is 1.57. The standard InChI is InChI=1S/C21H24N2O3S/c1-14-7-8-16-17(13-14)27-20(22-19(24)15-5-3-2-4-6-15)18(16)21(25)23-9-11-26-12-10-23/h2-6,14H,7-13H2,1H3,(H,22,24)/t14-/m0/s1. The van der Waals surface area contributed by atoms with Crippen molar-refractivity contribution in [2.75, 3.05) is 31.6 Å². The van der Waals surface area contributed by atoms with Gasteiger partial charge in [0, 0.05) is 23.5 Å². The lowest BCUT2D eigenvalue weighted by Gasteiger charge is -2.28. The second-order valence-electron chi connectivity index (χ2n) is 7.28. The summed E-state index contributed by atoms with van der Waals surface area (Å²) in [6, 6.07) is 9.14. The van der Waals surface area contributed by atoms with Gasteiger partial charge in [0.25, 0.3) is 11.8 Å². The maximum absolute atomic E-state index is 13.3. The number of thiophene rings is 1. The summed E-state index contributed by atoms with van der Waals surface area (Å²) in [5, 5.41) is 3.71. The van der Waals surface area contributed by atoms with Crippen LogP contribution in [0.3, 0.4) is 0 Å². The van der Waals surface area contributed by atoms with Gasteiger partial charge in [-0.15, -0.1) is 11.3 Å². The van der Waals surface area contributed by atoms with Gasteiger partial charge < -0.3 is 15.0 Å². The van der Waals surface area contributed by atoms with Gasteiger partial charge in [-0.05, 0) is 42.9 Å². The number of anilines is 1. The molecule has 1 aromatic carbocycles. The van der Waals surface area contributed by atoms with E-state index < -0.39 is 0 Å². The molecule has 2 amide bonds. The molecule has 0 saturated carbocycles. The van der Waals surface area contributed by atoms with Gasteiger partial charge in [0.1, 0.15) is 5.00 Å². The molecule has 0 unspecified atom stereocenters. The summed E-state index contributed by atoms with van der Waals surface area (Å²) in [5.74, 6) is 0.465. The zero-order valence-electron chi connectivity index (χ0n) is 15.5. The molecule has 4 rings (SSSR count). The highest BCUT2D eigenvalue weighted by molar-refractivity contribution is 7.17. The Labute approximate surface area is 163 Å². The molecular formula is C21H24N2O3S. The van der Waals surface area contributed by atoms with Crippen molar-refractivity contribution in [1.29, 1.82) is 0 Å². The SMILES string of the molecule is C[C@H]1CCc2c(sc(NC(=O)c3ccccc3)c2C(=O)N2CCOCC2)C1. The molecule has 1 aromatic heterocycles. The van der Waals surface area contributed by atoms with Crippen LogP contribution in [0.15, 0.2) is 30.3 Å². The number of fused-ring (bicyclic) bond motifs is 1. The van der Waals surface area contributed by atoms with E-state index in [4.69, 9.17) is 4.74 Å². The molecule has 1 N–H and O–H groups in total. The maximum atomic E-state index is 13.3. The molecule has 142 valence electrons. The van der Waals surface area contributed by atoms with Crippen LogP contribution in [0.2, 0.25) is 0 Å². The van der Waals surface area contributed by atoms with Crippen molar-refractivity contribution in [2.45, 2.75) is 26.2 Å². The van der Waals surface area contributed by atoms with E-state index in [1.165, 1.54) is 4.88 Å². The molecule has 0 bridgehead atoms. The third-order valence-corrected chi connectivity index (χ3v) is 6.46. The Balaban J connectivity index is 1.67. The lowest BCUT2D eigenvalue weighted by atomic mass is 9.88. The number of rotatable bonds is 3. The molecule has 1 aliphatic carbocycles. The number of carbonyl (C=O) groups is 2. The number of nitrogens with one attached hydrogen (secondary N) is 1. The third-order valence-electron chi connectivity index (χ3n) is 5.29. The first-order valence-electron chi connectivity index (χ1n) is 9.51. The smallest absolute Gasteiger partial charge is 0.257 e. The van der Waals surface area contributed by atoms with Crippen LogP contribution in [-0.2, 0) is 17.6 Å². The Bertz CT molecular complexity index is 841. The molecule has 1 aliphatic heterocycles. The minimum absolute atomic E-state index is 0.0220. The number of ether oxygens (including phenoxy) is 1. The zero-order chi connectivity index (χ0) is 18.8. The van der Waals surface area contributed by atoms with Gasteiger partial charge in [0.2, 0.25) is 0 Å². The van der Waals surface area contributed by atoms with Gasteiger partial charge in [-0.3, -0.25) is 9.59 Å². The number of morpholine rings is 1. The van der Waals surface area contributed by atoms with Gasteiger partial charge in [0.15, 0.2) is 0 Å². The molecule has 6 heteroatoms. The number of carbonyl (C=O) groups excluding carboxylic acids is 2. The van der Waals surface area contributed by atoms with Gasteiger partial charge in [-0.2, -0.15) is 0 Å². The van der Waals surface area contributed by atoms with Crippen molar-refractivity contribution in [3.05, 3.63) is 51.9 Å². The zero-order valence-corrected chi connectivity index (χ0v) is 16.3. The van der Waals surface area contributed by atoms with Crippen LogP contribution in [0.25, 0.3) is 0 Å². The highest BCUT2D eigenvalue weighted by atomic mass is 32.1. The normalized spacial score (nSPS) is 19.4. The minimum atomic E-state index is -0.168. The fraction of sp³-hybridized carbons (Fsp3) is 0.429. The Morgan fingerprint density at radius 1 is 1.19 bits per heavy atom. The average Bonchev–Trinajstić information content (AvgIpc) is 3.05. The van der Waals surface area contributed by atoms with E-state index >= 15 is 0 Å². The highest BCUT2D eigenvalue weighted by Crippen LogP contribution is 2.40. The van der Waals surface area contributed by atoms with Gasteiger partial charge in [0.05, 0.1) is 18.8 Å². The fourth-order valence-corrected chi connectivity index (χ4v) is 5.15. The molecule has 27 heavy (non-hydrogen) atoms. The van der Waals surface area contributed by atoms with Crippen molar-refractivity contribution in [2.24, 2.45) is 5.92 Å². The lowest BCUT2D eigenvalue weighted by Crippen LogP contribution is -2.41. The first-order chi connectivity index (χ1) is 13.1. The molecule has 5 nitrogen and oxygen atoms in total. The molecular weight excluding hydrogens is 360 g/mol. The second kappa shape index (κ2) is 7.82. The number of hydrogen-bond acceptors (Lipinski definition) is 4. The molecule has 2 aliphatic rings. The Morgan fingerprint density at radius 3 is 2.67 bits per heavy atom. The minimum Gasteiger partial charge on any atom is -0.378 e. The summed E-state index contributed by atoms with van der Waals surface area (Å²) in [6.07, 6.45) is 2.96. The Kier molecular flexibility index (Phi) is 5.27. The van der Waals surface area contributed by atoms with E-state index in [1.54, 1.807) is 23.5 Å². The first-order valence-corrected chi connectivity index (χ1v) is 10.3. The van der Waals surface area contributed by atoms with Gasteiger partial charge in [-0.25, -0.2) is 0 Å². The fourth-order valence-electron chi connectivity index (χ4n) is 3.75. The van der Waals surface area contributed by atoms with Crippen molar-refractivity contribution in [3.63, 3.8) is 0 Å². The molecule has 0 radical (unpaired) electrons. The number of benzene rings is 1. The molecule has 2 aromatic rings. The average molecular weight is 385 g/mol. The van der Waals surface area contributed by atoms with Crippen molar-refractivity contribution in [3.8, 4) is 0 Å². The van der Waals surface area contributed by atoms with E-state index in [-0.39, 0.29) is 11.8 Å². The van der Waals surface area contributed by atoms with E-state index in [2.05, 4.69) is 12.2 Å². The largest absolute Gasteiger partial charge is 0.378 e. The van der Waals surface area contributed by atoms with Crippen LogP contribution < -0.4 is 5.32 Å². The number of hydrogen-bond donors (Lipinski definition) is 1. The van der Waals surface area contributed by atoms with E-state index in [0.29, 0.717) is 48.3 Å². The van der Waals surface area contributed by atoms with Crippen LogP contribution in [0.1, 0.15) is 44.5 Å². The van der Waals surface area contributed by atoms with E-state index in [1.807, 2.05) is 23.1 Å². The molecule has 1 fully saturated rings. The summed E-state index contributed by atoms with van der Waals surface area (Å²) in [5.41, 5.74) is 2.44. The third kappa shape index (κ3) is 3.77. The second-order valence-corrected chi connectivity index (χ2v) is 8.39. The van der Waals surface area contributed by atoms with Gasteiger partial charge >= 0.3 is 0 Å². The Morgan fingerprint density at radius 2 is 1.93 bits per heavy atom. The number of nitrogens with zero attached hydrogens (tertiary/aromatic N) is 1. The molecule has 1 atom stereocenters. The summed E-state index contributed by atoms with van der Waals surface area (Å²) in [6.45, 7) is 4.59. The highest BCUT2D eigenvalue weighted by Gasteiger charge is 2.31. The van der Waals surface area contributed by atoms with E-state index in [9.17, 15) is 9.59 Å². The quantitative estimate of drug-likeness (QED) is 0.880. The molecule has 1 saturated heterocycles. The monoisotopic (exact) mass is 384 g/mol. The first kappa shape index (κ1) is 18.2. The molecule has 2 heterocycles. The van der Waals surface area contributed by atoms with E-state index in [0.717, 1.165) is 24.8 Å². The van der Waals surface area contributed by atoms with Crippen LogP contribution in [-0.4, -0.2) is 43.0 Å². The van der Waals surface area contributed by atoms with Crippen LogP contribution in [0.4, 0.5) is 5.00 Å². The predicted octanol–water partition coefficient (Wildman–Crippen LogP) is 3.60. The molecule has 0 spiro atoms. The topological polar surface area (TPSA) is 58.6 Å². The summed E-state index contributed by atoms with van der Waals surface area (Å²) in [4.78, 5) is 29.1. The van der Waals surface area contributed by atoms with Crippen molar-refractivity contribution in [1.82, 2.24) is 4.90 Å². The van der Waals surface area contributed by atoms with Crippen LogP contribution in [0, 0.1) is 5.92 Å². The summed E-state index contributed by atoms with van der Waals surface area (Å²) in [7, 11) is 0. The number of amides is 2. The van der Waals surface area contributed by atoms with Crippen LogP contribution in [0.5, 0.6) is 0 Å². The van der Waals surface area contributed by atoms with Crippen molar-refractivity contribution < 1.29 is 14.3 Å².